The van der Waals surface area contributed by atoms with Gasteiger partial charge in [0.25, 0.3) is 0 Å². The Hall–Kier alpha value is -8.06. The molecule has 24 atom stereocenters. The van der Waals surface area contributed by atoms with Crippen molar-refractivity contribution in [3.05, 3.63) is 112 Å². The minimum absolute atomic E-state index is 0.0677. The zero-order valence-corrected chi connectivity index (χ0v) is 89.9. The van der Waals surface area contributed by atoms with Crippen LogP contribution in [0.15, 0.2) is 112 Å². The molecule has 12 aromatic heterocycles. The number of rotatable bonds is 24. The number of ether oxygens (including phenoxy) is 7. The highest BCUT2D eigenvalue weighted by atomic mass is 35.5. The minimum atomic E-state index is -1.54. The molecule has 2 bridgehead atoms. The van der Waals surface area contributed by atoms with E-state index in [2.05, 4.69) is 178 Å². The van der Waals surface area contributed by atoms with Crippen LogP contribution in [0.2, 0.25) is 0 Å². The summed E-state index contributed by atoms with van der Waals surface area (Å²) in [6, 6.07) is 10.1. The first-order valence-corrected chi connectivity index (χ1v) is 65.8. The fourth-order valence-electron chi connectivity index (χ4n) is 18.5. The first-order chi connectivity index (χ1) is 66.2. The van der Waals surface area contributed by atoms with Gasteiger partial charge >= 0.3 is 0 Å². The van der Waals surface area contributed by atoms with Gasteiger partial charge in [-0.25, -0.2) is 64.2 Å². The molecule has 12 aromatic rings. The summed E-state index contributed by atoms with van der Waals surface area (Å²) in [4.78, 5) is 51.5. The molecule has 0 amide bonds. The number of aliphatic hydroxyl groups excluding tert-OH is 6. The van der Waals surface area contributed by atoms with E-state index in [1.165, 1.54) is 10.9 Å². The summed E-state index contributed by atoms with van der Waals surface area (Å²) < 4.78 is 67.1. The number of aromatic nitrogens is 18. The van der Waals surface area contributed by atoms with Gasteiger partial charge in [-0.15, -0.1) is 90.7 Å². The zero-order valence-electron chi connectivity index (χ0n) is 83.8. The summed E-state index contributed by atoms with van der Waals surface area (Å²) in [5.41, 5.74) is 41.6. The van der Waals surface area contributed by atoms with E-state index in [4.69, 9.17) is 79.2 Å². The second-order valence-electron chi connectivity index (χ2n) is 43.3. The number of fused-ring (bicyclic) bond motifs is 8. The van der Waals surface area contributed by atoms with Crippen molar-refractivity contribution in [1.29, 1.82) is 0 Å². The first-order valence-electron chi connectivity index (χ1n) is 47.1. The average molecular weight is 2100 g/mol. The molecule has 19 heterocycles. The van der Waals surface area contributed by atoms with E-state index in [1.807, 2.05) is 23.0 Å². The molecule has 0 radical (unpaired) electrons. The highest BCUT2D eigenvalue weighted by Gasteiger charge is 2.62. The topological polar surface area (TPSA) is 567 Å². The number of nitrogens with zero attached hydrogens (tertiary/aromatic N) is 18. The van der Waals surface area contributed by atoms with Gasteiger partial charge in [-0.3, -0.25) is 27.4 Å². The summed E-state index contributed by atoms with van der Waals surface area (Å²) in [5.74, 6) is -0.0677. The Kier molecular flexibility index (Phi) is 32.6. The third-order valence-electron chi connectivity index (χ3n) is 27.1. The minimum Gasteiger partial charge on any atom is -0.397 e. The molecule has 7 saturated heterocycles. The Morgan fingerprint density at radius 1 is 0.373 bits per heavy atom. The summed E-state index contributed by atoms with van der Waals surface area (Å²) in [6.45, 7) is 26.2. The van der Waals surface area contributed by atoms with Crippen molar-refractivity contribution in [2.45, 2.75) is 205 Å². The molecule has 19 rings (SSSR count). The number of anilines is 6. The van der Waals surface area contributed by atoms with Crippen LogP contribution in [0.4, 0.5) is 38.5 Å². The number of imidazole rings is 6. The van der Waals surface area contributed by atoms with Gasteiger partial charge in [-0.2, -0.15) is 0 Å². The molecular weight excluding hydrogens is 1960 g/mol. The van der Waals surface area contributed by atoms with E-state index in [1.54, 1.807) is 133 Å². The van der Waals surface area contributed by atoms with Crippen molar-refractivity contribution in [2.24, 2.45) is 5.92 Å². The van der Waals surface area contributed by atoms with Crippen molar-refractivity contribution in [1.82, 2.24) is 87.2 Å². The lowest BCUT2D eigenvalue weighted by molar-refractivity contribution is -0.172. The predicted molar refractivity (Wildman–Crippen MR) is 582 cm³/mol. The summed E-state index contributed by atoms with van der Waals surface area (Å²) in [5, 5.41) is 84.3. The number of halogens is 2. The number of aliphatic hydroxyl groups is 8. The van der Waals surface area contributed by atoms with Gasteiger partial charge in [0.2, 0.25) is 0 Å². The number of hydrogen-bond acceptors (Lipinski definition) is 33. The second kappa shape index (κ2) is 42.3. The summed E-state index contributed by atoms with van der Waals surface area (Å²) in [6.07, 6.45) is 41.5. The number of nitrogen functional groups attached to an aromatic ring is 6. The van der Waals surface area contributed by atoms with Crippen LogP contribution in [0, 0.1) is 5.92 Å². The van der Waals surface area contributed by atoms with Crippen LogP contribution in [0.3, 0.4) is 0 Å². The maximum Gasteiger partial charge on any atom is 0.173 e. The Morgan fingerprint density at radius 3 is 1.01 bits per heavy atom. The average Bonchev–Trinajstić information content (AvgIpc) is 1.57. The lowest BCUT2D eigenvalue weighted by Gasteiger charge is -2.32. The van der Waals surface area contributed by atoms with Crippen molar-refractivity contribution in [3.63, 3.8) is 0 Å². The third-order valence-corrected chi connectivity index (χ3v) is 36.3. The molecule has 0 aliphatic carbocycles. The maximum atomic E-state index is 14.6. The van der Waals surface area contributed by atoms with Gasteiger partial charge in [0.15, 0.2) is 71.2 Å². The van der Waals surface area contributed by atoms with Crippen molar-refractivity contribution in [2.75, 3.05) is 158 Å². The molecule has 0 aromatic carbocycles. The molecule has 39 nitrogen and oxygen atoms in total. The highest BCUT2D eigenvalue weighted by Crippen LogP contribution is 2.54. The van der Waals surface area contributed by atoms with Crippen LogP contribution in [0.1, 0.15) is 104 Å². The Morgan fingerprint density at radius 2 is 0.662 bits per heavy atom. The first kappa shape index (κ1) is 110. The smallest absolute Gasteiger partial charge is 0.173 e. The largest absolute Gasteiger partial charge is 0.397 e. The normalized spacial score (nSPS) is 30.5. The molecule has 7 aliphatic rings. The van der Waals surface area contributed by atoms with E-state index in [9.17, 15) is 45.2 Å². The third kappa shape index (κ3) is 23.9. The van der Waals surface area contributed by atoms with E-state index >= 15 is 0 Å². The molecule has 7 aliphatic heterocycles. The Labute approximate surface area is 832 Å². The zero-order chi connectivity index (χ0) is 104. The quantitative estimate of drug-likeness (QED) is 0.0198. The van der Waals surface area contributed by atoms with Crippen molar-refractivity contribution < 1.29 is 78.4 Å². The lowest BCUT2D eigenvalue weighted by atomic mass is 9.90. The highest BCUT2D eigenvalue weighted by molar-refractivity contribution is 7.73. The van der Waals surface area contributed by atoms with Gasteiger partial charge in [-0.1, -0.05) is 6.92 Å². The summed E-state index contributed by atoms with van der Waals surface area (Å²) in [7, 11) is 0. The standard InChI is InChI=1S/C17H27N4O2P.C16H23N4O3P.2C16H25N4O3P.C15H22ClN4O2P.C15H22FN4O2P/c1-11-14(22)17(2,7-9-24(3,4)5)23-16(11)21-10-20-13-12(18)6-8-19-15(13)21;1-24(2,3)7-5-16-8-22-12(13(16)21)15(23-16)20-9-19-11-10(17)4-6-18-14(11)20;2*1-16(22)13(21)11(6-8-24(2,3)4)23-15(16)20-9-19-12-10(17)5-7-18-14(12)20;2*1-23(2,3)7-5-10-13(21)11(16)15(22-10)20-8-19-12-9(17)4-6-18-14(12)20/h6,8,10-11,14,16,22H,3,7,9H2,1-2,4-5H3,(H2,18,19);4,6,9,12-13,15,21H,1,5,7-8H2,2-3H3,(H2,17,18);2*5,7,9,11,13,15,21-22H,2,6,8H2,1,3-4H3,(H2,17,18);2*4,6,8,10-11,13,15,21H,1,5,7H2,2-3H3,(H2,17,18)/t11-,14+,16-,17-;12-,13+,15-,16+;11?,13-,15-,16+;11?,13-,15-,16-;2*10?,11-,13-,15-/m111111/s1. The number of pyridine rings is 6. The summed E-state index contributed by atoms with van der Waals surface area (Å²) >= 11 is 6.42. The number of hydrogen-bond donors (Lipinski definition) is 14. The Bertz CT molecular complexity index is 6470. The van der Waals surface area contributed by atoms with E-state index in [-0.39, 0.29) is 18.2 Å². The molecule has 142 heavy (non-hydrogen) atoms. The molecule has 47 heteroatoms. The van der Waals surface area contributed by atoms with Crippen LogP contribution >= 0.6 is 52.9 Å². The van der Waals surface area contributed by atoms with Crippen molar-refractivity contribution >= 4 is 192 Å². The monoisotopic (exact) mass is 2100 g/mol. The van der Waals surface area contributed by atoms with Crippen LogP contribution in [-0.2, 0) is 33.2 Å². The predicted octanol–water partition coefficient (Wildman–Crippen LogP) is 9.47. The molecule has 20 N–H and O–H groups in total. The van der Waals surface area contributed by atoms with E-state index in [0.29, 0.717) is 127 Å². The van der Waals surface area contributed by atoms with E-state index < -0.39 is 167 Å². The van der Waals surface area contributed by atoms with Gasteiger partial charge in [0.05, 0.1) is 115 Å². The van der Waals surface area contributed by atoms with Crippen LogP contribution in [0.5, 0.6) is 0 Å². The lowest BCUT2D eigenvalue weighted by Crippen LogP contribution is -2.43. The van der Waals surface area contributed by atoms with E-state index in [0.717, 1.165) is 56.2 Å². The van der Waals surface area contributed by atoms with Crippen LogP contribution < -0.4 is 34.4 Å². The molecule has 778 valence electrons. The van der Waals surface area contributed by atoms with Gasteiger partial charge in [-0.05, 0) is 213 Å². The molecular formula is C95H144ClFN24O15P6. The van der Waals surface area contributed by atoms with Gasteiger partial charge in [0.1, 0.15) is 98.1 Å². The van der Waals surface area contributed by atoms with Gasteiger partial charge in [0, 0.05) is 43.1 Å². The second-order valence-corrected chi connectivity index (χ2v) is 69.7. The van der Waals surface area contributed by atoms with Gasteiger partial charge < -0.3 is 108 Å². The van der Waals surface area contributed by atoms with Crippen molar-refractivity contribution in [3.8, 4) is 0 Å². The maximum absolute atomic E-state index is 14.6. The number of alkyl halides is 2. The molecule has 7 fully saturated rings. The molecule has 0 saturated carbocycles. The fourth-order valence-corrected chi connectivity index (χ4v) is 24.7. The Balaban J connectivity index is 0.000000135. The SMILES string of the molecule is C=P(C)(C)CCC1O[C@@H](n2cnc3c(N)ccnc32)[C@@](C)(O)[C@@H]1O.C=P(C)(C)CCC1O[C@@H](n2cnc3c(N)ccnc32)[C@H](Cl)[C@@H]1O.C=P(C)(C)CCC1O[C@@H](n2cnc3c(N)ccnc32)[C@H](F)[C@@H]1O.C=P(C)(C)CCC1O[C@@H](n2cnc3c(N)ccnc32)[C@](C)(O)[C@@H]1O.C=P(C)(C)CC[C@@]1(C)O[C@@H](n2cnc3c(N)ccnc32)[C@H](C)[C@@H]1O.C=P(C)(C)CC[C@@]12CO[C@@H]([C@H](n3cnc4c(N)ccnc43)O1)[C@@H]2O. The van der Waals surface area contributed by atoms with Crippen LogP contribution in [0.25, 0.3) is 67.0 Å². The van der Waals surface area contributed by atoms with Crippen LogP contribution in [-0.4, -0.2) is 391 Å². The number of nitrogens with two attached hydrogens (primary N) is 6. The fraction of sp³-hybridized carbons (Fsp3) is 0.558. The molecule has 0 spiro atoms. The molecule has 4 unspecified atom stereocenters.